The van der Waals surface area contributed by atoms with Crippen LogP contribution in [-0.4, -0.2) is 50.7 Å². The molecule has 7 heteroatoms. The Kier molecular flexibility index (Phi) is 5.96. The summed E-state index contributed by atoms with van der Waals surface area (Å²) in [7, 11) is 2.19. The summed E-state index contributed by atoms with van der Waals surface area (Å²) in [6.45, 7) is 6.31. The minimum Gasteiger partial charge on any atom is -0.477 e. The van der Waals surface area contributed by atoms with E-state index in [2.05, 4.69) is 22.2 Å². The number of amides is 1. The number of aromatic nitrogens is 1. The van der Waals surface area contributed by atoms with E-state index in [4.69, 9.17) is 16.3 Å². The van der Waals surface area contributed by atoms with Crippen LogP contribution in [0.3, 0.4) is 0 Å². The molecule has 2 aromatic rings. The van der Waals surface area contributed by atoms with Crippen LogP contribution in [-0.2, 0) is 0 Å². The summed E-state index contributed by atoms with van der Waals surface area (Å²) in [5, 5.41) is 3.57. The van der Waals surface area contributed by atoms with E-state index in [1.807, 2.05) is 19.1 Å². The number of hydrogen-bond acceptors (Lipinski definition) is 4. The number of benzene rings is 1. The van der Waals surface area contributed by atoms with Crippen LogP contribution in [0.5, 0.6) is 5.88 Å². The fourth-order valence-electron chi connectivity index (χ4n) is 3.02. The normalized spacial score (nSPS) is 15.0. The second-order valence-corrected chi connectivity index (χ2v) is 6.79. The van der Waals surface area contributed by atoms with Gasteiger partial charge in [-0.05, 0) is 37.3 Å². The summed E-state index contributed by atoms with van der Waals surface area (Å²) in [5.74, 6) is 0.0732. The Morgan fingerprint density at radius 2 is 2.12 bits per heavy atom. The van der Waals surface area contributed by atoms with E-state index in [9.17, 15) is 4.79 Å². The lowest BCUT2D eigenvalue weighted by Crippen LogP contribution is -3.12. The van der Waals surface area contributed by atoms with E-state index < -0.39 is 0 Å². The first-order chi connectivity index (χ1) is 12.6. The van der Waals surface area contributed by atoms with Gasteiger partial charge in [-0.25, -0.2) is 4.98 Å². The van der Waals surface area contributed by atoms with Crippen LogP contribution in [0.4, 0.5) is 11.4 Å². The minimum atomic E-state index is -0.259. The number of likely N-dealkylation sites (N-methyl/N-ethyl adjacent to an activating group) is 1. The molecule has 138 valence electrons. The van der Waals surface area contributed by atoms with Gasteiger partial charge in [-0.3, -0.25) is 4.79 Å². The lowest BCUT2D eigenvalue weighted by atomic mass is 10.2. The van der Waals surface area contributed by atoms with Gasteiger partial charge in [0.1, 0.15) is 5.56 Å². The quantitative estimate of drug-likeness (QED) is 0.835. The van der Waals surface area contributed by atoms with Crippen LogP contribution in [0.2, 0.25) is 5.02 Å². The zero-order valence-corrected chi connectivity index (χ0v) is 15.8. The van der Waals surface area contributed by atoms with Crippen molar-refractivity contribution in [2.75, 3.05) is 50.1 Å². The average Bonchev–Trinajstić information content (AvgIpc) is 2.63. The first kappa shape index (κ1) is 18.5. The number of hydrogen-bond donors (Lipinski definition) is 2. The predicted octanol–water partition coefficient (Wildman–Crippen LogP) is 1.72. The third-order valence-electron chi connectivity index (χ3n) is 4.46. The van der Waals surface area contributed by atoms with Crippen LogP contribution in [0, 0.1) is 0 Å². The molecule has 1 aliphatic rings. The molecule has 1 aromatic heterocycles. The number of halogens is 1. The molecule has 6 nitrogen and oxygen atoms in total. The van der Waals surface area contributed by atoms with Gasteiger partial charge in [0.05, 0.1) is 51.2 Å². The van der Waals surface area contributed by atoms with Crippen LogP contribution in [0.25, 0.3) is 0 Å². The van der Waals surface area contributed by atoms with Gasteiger partial charge in [0, 0.05) is 11.2 Å². The molecule has 2 heterocycles. The highest BCUT2D eigenvalue weighted by Gasteiger charge is 2.21. The number of ether oxygens (including phenoxy) is 1. The number of anilines is 2. The Labute approximate surface area is 158 Å². The van der Waals surface area contributed by atoms with E-state index in [0.717, 1.165) is 31.9 Å². The summed E-state index contributed by atoms with van der Waals surface area (Å²) >= 11 is 6.18. The van der Waals surface area contributed by atoms with Crippen LogP contribution < -0.4 is 19.9 Å². The molecule has 0 saturated carbocycles. The summed E-state index contributed by atoms with van der Waals surface area (Å²) < 4.78 is 5.47. The molecular weight excluding hydrogens is 352 g/mol. The van der Waals surface area contributed by atoms with Crippen LogP contribution in [0.15, 0.2) is 36.5 Å². The van der Waals surface area contributed by atoms with Crippen molar-refractivity contribution < 1.29 is 14.4 Å². The topological polar surface area (TPSA) is 58.9 Å². The van der Waals surface area contributed by atoms with E-state index in [1.165, 1.54) is 4.90 Å². The van der Waals surface area contributed by atoms with E-state index in [-0.39, 0.29) is 5.91 Å². The SMILES string of the molecule is CCOc1ncccc1C(=O)Nc1cc(Cl)ccc1N1CC[NH+](C)CC1. The van der Waals surface area contributed by atoms with Crippen molar-refractivity contribution in [3.63, 3.8) is 0 Å². The summed E-state index contributed by atoms with van der Waals surface area (Å²) in [6.07, 6.45) is 1.61. The van der Waals surface area contributed by atoms with Crippen molar-refractivity contribution in [1.82, 2.24) is 4.98 Å². The molecule has 0 radical (unpaired) electrons. The minimum absolute atomic E-state index is 0.259. The highest BCUT2D eigenvalue weighted by Crippen LogP contribution is 2.30. The highest BCUT2D eigenvalue weighted by molar-refractivity contribution is 6.31. The molecular formula is C19H24ClN4O2+. The summed E-state index contributed by atoms with van der Waals surface area (Å²) in [5.41, 5.74) is 2.09. The predicted molar refractivity (Wildman–Crippen MR) is 104 cm³/mol. The largest absolute Gasteiger partial charge is 0.477 e. The Morgan fingerprint density at radius 3 is 2.85 bits per heavy atom. The number of rotatable bonds is 5. The second-order valence-electron chi connectivity index (χ2n) is 6.35. The molecule has 26 heavy (non-hydrogen) atoms. The monoisotopic (exact) mass is 375 g/mol. The number of pyridine rings is 1. The summed E-state index contributed by atoms with van der Waals surface area (Å²) in [6, 6.07) is 9.03. The second kappa shape index (κ2) is 8.38. The van der Waals surface area contributed by atoms with Crippen molar-refractivity contribution >= 4 is 28.9 Å². The first-order valence-corrected chi connectivity index (χ1v) is 9.21. The summed E-state index contributed by atoms with van der Waals surface area (Å²) in [4.78, 5) is 20.8. The molecule has 0 atom stereocenters. The number of carbonyl (C=O) groups is 1. The molecule has 1 aliphatic heterocycles. The standard InChI is InChI=1S/C19H23ClN4O2/c1-3-26-19-15(5-4-8-21-19)18(25)22-16-13-14(20)6-7-17(16)24-11-9-23(2)10-12-24/h4-8,13H,3,9-12H2,1-2H3,(H,22,25)/p+1. The third kappa shape index (κ3) is 4.26. The van der Waals surface area contributed by atoms with Gasteiger partial charge in [0.25, 0.3) is 5.91 Å². The molecule has 0 bridgehead atoms. The van der Waals surface area contributed by atoms with E-state index in [0.29, 0.717) is 28.8 Å². The maximum atomic E-state index is 12.8. The van der Waals surface area contributed by atoms with Crippen LogP contribution >= 0.6 is 11.6 Å². The number of piperazine rings is 1. The van der Waals surface area contributed by atoms with Gasteiger partial charge < -0.3 is 19.9 Å². The Hall–Kier alpha value is -2.31. The lowest BCUT2D eigenvalue weighted by Gasteiger charge is -2.33. The number of nitrogens with zero attached hydrogens (tertiary/aromatic N) is 2. The Balaban J connectivity index is 1.85. The molecule has 1 fully saturated rings. The lowest BCUT2D eigenvalue weighted by molar-refractivity contribution is -0.880. The Bertz CT molecular complexity index is 776. The van der Waals surface area contributed by atoms with Gasteiger partial charge in [-0.2, -0.15) is 0 Å². The molecule has 1 saturated heterocycles. The van der Waals surface area contributed by atoms with Crippen molar-refractivity contribution in [2.24, 2.45) is 0 Å². The highest BCUT2D eigenvalue weighted by atomic mass is 35.5. The van der Waals surface area contributed by atoms with Crippen molar-refractivity contribution in [3.05, 3.63) is 47.1 Å². The fourth-order valence-corrected chi connectivity index (χ4v) is 3.19. The van der Waals surface area contributed by atoms with Crippen LogP contribution in [0.1, 0.15) is 17.3 Å². The van der Waals surface area contributed by atoms with Crippen molar-refractivity contribution in [2.45, 2.75) is 6.92 Å². The molecule has 1 aromatic carbocycles. The first-order valence-electron chi connectivity index (χ1n) is 8.83. The molecule has 2 N–H and O–H groups in total. The Morgan fingerprint density at radius 1 is 1.35 bits per heavy atom. The molecule has 0 spiro atoms. The smallest absolute Gasteiger partial charge is 0.261 e. The van der Waals surface area contributed by atoms with E-state index in [1.54, 1.807) is 24.4 Å². The molecule has 3 rings (SSSR count). The van der Waals surface area contributed by atoms with Crippen molar-refractivity contribution in [1.29, 1.82) is 0 Å². The van der Waals surface area contributed by atoms with Gasteiger partial charge in [0.15, 0.2) is 0 Å². The number of nitrogens with one attached hydrogen (secondary N) is 2. The zero-order chi connectivity index (χ0) is 18.5. The number of carbonyl (C=O) groups excluding carboxylic acids is 1. The van der Waals surface area contributed by atoms with Gasteiger partial charge in [-0.15, -0.1) is 0 Å². The van der Waals surface area contributed by atoms with Gasteiger partial charge >= 0.3 is 0 Å². The third-order valence-corrected chi connectivity index (χ3v) is 4.70. The fraction of sp³-hybridized carbons (Fsp3) is 0.368. The average molecular weight is 376 g/mol. The zero-order valence-electron chi connectivity index (χ0n) is 15.1. The maximum absolute atomic E-state index is 12.8. The van der Waals surface area contributed by atoms with Gasteiger partial charge in [-0.1, -0.05) is 11.6 Å². The van der Waals surface area contributed by atoms with Crippen molar-refractivity contribution in [3.8, 4) is 5.88 Å². The molecule has 0 unspecified atom stereocenters. The number of quaternary nitrogens is 1. The molecule has 1 amide bonds. The maximum Gasteiger partial charge on any atom is 0.261 e. The van der Waals surface area contributed by atoms with E-state index >= 15 is 0 Å². The molecule has 0 aliphatic carbocycles. The van der Waals surface area contributed by atoms with Gasteiger partial charge in [0.2, 0.25) is 5.88 Å².